The van der Waals surface area contributed by atoms with Gasteiger partial charge in [0.1, 0.15) is 0 Å². The van der Waals surface area contributed by atoms with Crippen LogP contribution in [0, 0.1) is 0 Å². The molecule has 0 atom stereocenters. The molecule has 0 radical (unpaired) electrons. The van der Waals surface area contributed by atoms with Gasteiger partial charge >= 0.3 is 0 Å². The number of aliphatic hydroxyl groups is 2. The van der Waals surface area contributed by atoms with E-state index >= 15 is 0 Å². The van der Waals surface area contributed by atoms with E-state index in [1.165, 1.54) is 5.56 Å². The van der Waals surface area contributed by atoms with Crippen LogP contribution in [-0.2, 0) is 19.8 Å². The maximum atomic E-state index is 8.94. The van der Waals surface area contributed by atoms with E-state index in [-0.39, 0.29) is 13.2 Å². The van der Waals surface area contributed by atoms with E-state index in [1.54, 1.807) is 0 Å². The van der Waals surface area contributed by atoms with Gasteiger partial charge in [0.2, 0.25) is 0 Å². The van der Waals surface area contributed by atoms with Crippen LogP contribution in [-0.4, -0.2) is 14.8 Å². The summed E-state index contributed by atoms with van der Waals surface area (Å²) in [4.78, 5) is 0. The summed E-state index contributed by atoms with van der Waals surface area (Å²) in [5, 5.41) is 17.9. The third-order valence-electron chi connectivity index (χ3n) is 2.57. The highest BCUT2D eigenvalue weighted by Crippen LogP contribution is 2.08. The fourth-order valence-electron chi connectivity index (χ4n) is 1.64. The Labute approximate surface area is 94.6 Å². The molecule has 2 aromatic rings. The molecule has 0 aliphatic rings. The summed E-state index contributed by atoms with van der Waals surface area (Å²) in [6, 6.07) is 9.76. The van der Waals surface area contributed by atoms with E-state index in [9.17, 15) is 0 Å². The summed E-state index contributed by atoms with van der Waals surface area (Å²) in [5.41, 5.74) is 3.02. The van der Waals surface area contributed by atoms with Crippen LogP contribution in [0.3, 0.4) is 0 Å². The molecule has 1 aromatic heterocycles. The zero-order valence-corrected chi connectivity index (χ0v) is 9.00. The van der Waals surface area contributed by atoms with Gasteiger partial charge in [-0.25, -0.2) is 0 Å². The normalized spacial score (nSPS) is 10.6. The molecule has 3 nitrogen and oxygen atoms in total. The summed E-state index contributed by atoms with van der Waals surface area (Å²) in [6.45, 7) is 0.945. The average Bonchev–Trinajstić information content (AvgIpc) is 2.78. The SMILES string of the molecule is OCc1ccc(Cn2ccc(CO)c2)cc1. The molecule has 1 aromatic carbocycles. The summed E-state index contributed by atoms with van der Waals surface area (Å²) >= 11 is 0. The molecular weight excluding hydrogens is 202 g/mol. The highest BCUT2D eigenvalue weighted by molar-refractivity contribution is 5.22. The smallest absolute Gasteiger partial charge is 0.0696 e. The first-order valence-corrected chi connectivity index (χ1v) is 5.26. The second kappa shape index (κ2) is 4.96. The molecule has 0 bridgehead atoms. The second-order valence-corrected chi connectivity index (χ2v) is 3.82. The third-order valence-corrected chi connectivity index (χ3v) is 2.57. The first-order valence-electron chi connectivity index (χ1n) is 5.26. The van der Waals surface area contributed by atoms with Crippen LogP contribution in [0.1, 0.15) is 16.7 Å². The van der Waals surface area contributed by atoms with Crippen LogP contribution >= 0.6 is 0 Å². The molecule has 3 heteroatoms. The van der Waals surface area contributed by atoms with E-state index in [1.807, 2.05) is 47.3 Å². The van der Waals surface area contributed by atoms with Gasteiger partial charge in [0, 0.05) is 18.9 Å². The Bertz CT molecular complexity index is 445. The average molecular weight is 217 g/mol. The van der Waals surface area contributed by atoms with Crippen LogP contribution in [0.4, 0.5) is 0 Å². The molecule has 0 spiro atoms. The molecule has 0 aliphatic heterocycles. The molecule has 84 valence electrons. The van der Waals surface area contributed by atoms with Gasteiger partial charge < -0.3 is 14.8 Å². The van der Waals surface area contributed by atoms with Crippen molar-refractivity contribution >= 4 is 0 Å². The van der Waals surface area contributed by atoms with Crippen molar-refractivity contribution in [2.75, 3.05) is 0 Å². The van der Waals surface area contributed by atoms with Gasteiger partial charge in [0.05, 0.1) is 13.2 Å². The molecular formula is C13H15NO2. The molecule has 0 fully saturated rings. The van der Waals surface area contributed by atoms with Crippen LogP contribution in [0.5, 0.6) is 0 Å². The fraction of sp³-hybridized carbons (Fsp3) is 0.231. The predicted molar refractivity (Wildman–Crippen MR) is 61.8 cm³/mol. The van der Waals surface area contributed by atoms with Gasteiger partial charge in [-0.05, 0) is 22.8 Å². The third kappa shape index (κ3) is 2.51. The van der Waals surface area contributed by atoms with Crippen molar-refractivity contribution < 1.29 is 10.2 Å². The minimum Gasteiger partial charge on any atom is -0.392 e. The summed E-state index contributed by atoms with van der Waals surface area (Å²) in [5.74, 6) is 0. The van der Waals surface area contributed by atoms with E-state index in [4.69, 9.17) is 10.2 Å². The Hall–Kier alpha value is -1.58. The van der Waals surface area contributed by atoms with Crippen molar-refractivity contribution in [3.8, 4) is 0 Å². The Balaban J connectivity index is 2.08. The van der Waals surface area contributed by atoms with Crippen molar-refractivity contribution in [2.24, 2.45) is 0 Å². The Morgan fingerprint density at radius 1 is 0.812 bits per heavy atom. The van der Waals surface area contributed by atoms with Crippen LogP contribution in [0.2, 0.25) is 0 Å². The summed E-state index contributed by atoms with van der Waals surface area (Å²) in [7, 11) is 0. The summed E-state index contributed by atoms with van der Waals surface area (Å²) < 4.78 is 2.03. The van der Waals surface area contributed by atoms with Gasteiger partial charge in [-0.3, -0.25) is 0 Å². The number of rotatable bonds is 4. The Morgan fingerprint density at radius 2 is 1.44 bits per heavy atom. The van der Waals surface area contributed by atoms with E-state index in [0.717, 1.165) is 17.7 Å². The Kier molecular flexibility index (Phi) is 3.39. The number of aromatic nitrogens is 1. The number of hydrogen-bond donors (Lipinski definition) is 2. The predicted octanol–water partition coefficient (Wildman–Crippen LogP) is 1.52. The number of hydrogen-bond acceptors (Lipinski definition) is 2. The quantitative estimate of drug-likeness (QED) is 0.815. The van der Waals surface area contributed by atoms with Crippen molar-refractivity contribution in [2.45, 2.75) is 19.8 Å². The molecule has 0 saturated carbocycles. The molecule has 16 heavy (non-hydrogen) atoms. The van der Waals surface area contributed by atoms with Crippen molar-refractivity contribution in [3.05, 3.63) is 59.4 Å². The van der Waals surface area contributed by atoms with E-state index < -0.39 is 0 Å². The van der Waals surface area contributed by atoms with E-state index in [0.29, 0.717) is 0 Å². The number of nitrogens with zero attached hydrogens (tertiary/aromatic N) is 1. The van der Waals surface area contributed by atoms with Crippen LogP contribution in [0.15, 0.2) is 42.7 Å². The van der Waals surface area contributed by atoms with Gasteiger partial charge in [-0.1, -0.05) is 24.3 Å². The lowest BCUT2D eigenvalue weighted by Crippen LogP contribution is -1.96. The maximum Gasteiger partial charge on any atom is 0.0696 e. The fourth-order valence-corrected chi connectivity index (χ4v) is 1.64. The molecule has 0 amide bonds. The Morgan fingerprint density at radius 3 is 2.00 bits per heavy atom. The topological polar surface area (TPSA) is 45.4 Å². The molecule has 0 unspecified atom stereocenters. The molecule has 0 saturated heterocycles. The monoisotopic (exact) mass is 217 g/mol. The first kappa shape index (κ1) is 10.9. The largest absolute Gasteiger partial charge is 0.392 e. The molecule has 1 heterocycles. The van der Waals surface area contributed by atoms with Gasteiger partial charge in [-0.2, -0.15) is 0 Å². The zero-order chi connectivity index (χ0) is 11.4. The van der Waals surface area contributed by atoms with Gasteiger partial charge in [-0.15, -0.1) is 0 Å². The van der Waals surface area contributed by atoms with E-state index in [2.05, 4.69) is 0 Å². The molecule has 2 N–H and O–H groups in total. The minimum absolute atomic E-state index is 0.0798. The van der Waals surface area contributed by atoms with Crippen molar-refractivity contribution in [1.82, 2.24) is 4.57 Å². The lowest BCUT2D eigenvalue weighted by atomic mass is 10.1. The van der Waals surface area contributed by atoms with Crippen LogP contribution in [0.25, 0.3) is 0 Å². The zero-order valence-electron chi connectivity index (χ0n) is 9.00. The minimum atomic E-state index is 0.0798. The van der Waals surface area contributed by atoms with Crippen molar-refractivity contribution in [3.63, 3.8) is 0 Å². The standard InChI is InChI=1S/C13H15NO2/c15-9-12-3-1-11(2-4-12)7-14-6-5-13(8-14)10-16/h1-6,8,15-16H,7,9-10H2. The lowest BCUT2D eigenvalue weighted by molar-refractivity contribution is 0.281. The number of benzene rings is 1. The van der Waals surface area contributed by atoms with Crippen LogP contribution < -0.4 is 0 Å². The molecule has 2 rings (SSSR count). The second-order valence-electron chi connectivity index (χ2n) is 3.82. The van der Waals surface area contributed by atoms with Gasteiger partial charge in [0.15, 0.2) is 0 Å². The lowest BCUT2D eigenvalue weighted by Gasteiger charge is -2.04. The number of aliphatic hydroxyl groups excluding tert-OH is 2. The maximum absolute atomic E-state index is 8.94. The summed E-state index contributed by atoms with van der Waals surface area (Å²) in [6.07, 6.45) is 3.88. The first-order chi connectivity index (χ1) is 7.81. The highest BCUT2D eigenvalue weighted by Gasteiger charge is 1.97. The van der Waals surface area contributed by atoms with Gasteiger partial charge in [0.25, 0.3) is 0 Å². The molecule has 0 aliphatic carbocycles. The van der Waals surface area contributed by atoms with Crippen molar-refractivity contribution in [1.29, 1.82) is 0 Å². The highest BCUT2D eigenvalue weighted by atomic mass is 16.3.